The fraction of sp³-hybridized carbons (Fsp3) is 0.682. The lowest BCUT2D eigenvalue weighted by molar-refractivity contribution is -0.228. The van der Waals surface area contributed by atoms with E-state index in [4.69, 9.17) is 18.8 Å². The molecule has 21 nitrogen and oxygen atoms in total. The Balaban J connectivity index is 1.44. The number of carboxylic acid groups (broad SMARTS) is 1. The fourth-order valence-corrected chi connectivity index (χ4v) is 8.39. The van der Waals surface area contributed by atoms with E-state index in [1.54, 1.807) is 59.7 Å². The first-order valence-electron chi connectivity index (χ1n) is 21.9. The molecule has 6 N–H and O–H groups in total. The minimum atomic E-state index is -4.36. The van der Waals surface area contributed by atoms with Crippen molar-refractivity contribution in [1.29, 1.82) is 0 Å². The monoisotopic (exact) mass is 953 g/mol. The van der Waals surface area contributed by atoms with Crippen LogP contribution in [0.5, 0.6) is 0 Å². The number of esters is 1. The molecule has 1 unspecified atom stereocenters. The van der Waals surface area contributed by atoms with Crippen LogP contribution in [0.25, 0.3) is 0 Å². The molecule has 1 aromatic rings. The van der Waals surface area contributed by atoms with Crippen LogP contribution in [-0.2, 0) is 82.1 Å². The summed E-state index contributed by atoms with van der Waals surface area (Å²) in [4.78, 5) is 107. The molecule has 0 spiro atoms. The molecule has 0 radical (unpaired) electrons. The van der Waals surface area contributed by atoms with Crippen LogP contribution in [0.15, 0.2) is 18.2 Å². The van der Waals surface area contributed by atoms with Gasteiger partial charge < -0.3 is 44.9 Å². The molecule has 0 aromatic heterocycles. The van der Waals surface area contributed by atoms with E-state index >= 15 is 0 Å². The lowest BCUT2D eigenvalue weighted by Crippen LogP contribution is -2.59. The molecule has 66 heavy (non-hydrogen) atoms. The van der Waals surface area contributed by atoms with Crippen molar-refractivity contribution < 1.29 is 86.0 Å². The molecule has 1 aromatic carbocycles. The first-order chi connectivity index (χ1) is 30.6. The predicted octanol–water partition coefficient (Wildman–Crippen LogP) is -0.240. The van der Waals surface area contributed by atoms with Gasteiger partial charge in [-0.05, 0) is 69.6 Å². The molecule has 0 saturated carbocycles. The number of benzene rings is 1. The second-order valence-corrected chi connectivity index (χ2v) is 20.4. The largest absolute Gasteiger partial charge is 0.479 e. The number of rotatable bonds is 22. The summed E-state index contributed by atoms with van der Waals surface area (Å²) in [5.74, 6) is -8.17. The van der Waals surface area contributed by atoms with Gasteiger partial charge in [0.15, 0.2) is 17.7 Å². The van der Waals surface area contributed by atoms with Gasteiger partial charge in [-0.3, -0.25) is 43.0 Å². The Morgan fingerprint density at radius 2 is 1.64 bits per heavy atom. The highest BCUT2D eigenvalue weighted by Gasteiger charge is 2.51. The van der Waals surface area contributed by atoms with Gasteiger partial charge in [-0.25, -0.2) is 4.79 Å². The van der Waals surface area contributed by atoms with Crippen molar-refractivity contribution >= 4 is 57.3 Å². The van der Waals surface area contributed by atoms with Crippen molar-refractivity contribution in [3.8, 4) is 0 Å². The number of nitrogens with zero attached hydrogens (tertiary/aromatic N) is 2. The first kappa shape index (κ1) is 53.9. The van der Waals surface area contributed by atoms with Gasteiger partial charge in [0.05, 0.1) is 49.1 Å². The van der Waals surface area contributed by atoms with E-state index in [0.717, 1.165) is 9.80 Å². The number of aliphatic hydroxyl groups is 3. The molecular weight excluding hydrogens is 891 g/mol. The summed E-state index contributed by atoms with van der Waals surface area (Å²) in [5.41, 5.74) is 0.744. The molecule has 368 valence electrons. The zero-order valence-corrected chi connectivity index (χ0v) is 39.0. The summed E-state index contributed by atoms with van der Waals surface area (Å²) in [6.45, 7) is 10.1. The van der Waals surface area contributed by atoms with E-state index in [1.165, 1.54) is 6.92 Å². The molecule has 0 aliphatic carbocycles. The third-order valence-electron chi connectivity index (χ3n) is 12.1. The van der Waals surface area contributed by atoms with E-state index in [0.29, 0.717) is 16.7 Å². The average molecular weight is 954 g/mol. The number of amides is 4. The van der Waals surface area contributed by atoms with Crippen LogP contribution in [0.2, 0.25) is 0 Å². The molecule has 3 saturated heterocycles. The van der Waals surface area contributed by atoms with Gasteiger partial charge in [-0.1, -0.05) is 39.0 Å². The Labute approximate surface area is 383 Å². The Morgan fingerprint density at radius 3 is 2.21 bits per heavy atom. The Morgan fingerprint density at radius 1 is 0.970 bits per heavy atom. The molecule has 3 aliphatic rings. The van der Waals surface area contributed by atoms with E-state index in [2.05, 4.69) is 5.32 Å². The van der Waals surface area contributed by atoms with Crippen molar-refractivity contribution in [3.05, 3.63) is 34.9 Å². The standard InChI is InChI=1S/C44H63N3O18S/c1-22(2)30(18-29(48)19-46-28(21-63-12-13-66(60,61)62)17-31(41(46)56)47-34(50)14-23(3)40(47)55)39(54)45-24(4)32(49)16-25-8-9-27(20-64-43(59)44(5,6)7)26(15-25)10-11-33-35(51)36(52)37(53)38(65-33)42(57)58/h8-9,15,22-24,28,30-31,33,35-38,51-53H,10-14,16-21H2,1-7H3,(H,45,54)(H,57,58)(H,60,61,62)/t23?,24-,28-,30-,31-,33-,35-,36+,37-,38-/m0/s1. The first-order valence-corrected chi connectivity index (χ1v) is 23.5. The fourth-order valence-electron chi connectivity index (χ4n) is 8.06. The molecular formula is C44H63N3O18S. The number of aryl methyl sites for hydroxylation is 1. The summed E-state index contributed by atoms with van der Waals surface area (Å²) >= 11 is 0. The molecule has 22 heteroatoms. The molecule has 0 bridgehead atoms. The highest BCUT2D eigenvalue weighted by molar-refractivity contribution is 7.85. The third kappa shape index (κ3) is 13.9. The Bertz CT molecular complexity index is 2120. The summed E-state index contributed by atoms with van der Waals surface area (Å²) in [6, 6.07) is 1.79. The number of Topliss-reactive ketones (excluding diaryl/α,β-unsaturated/α-hetero) is 2. The van der Waals surface area contributed by atoms with Crippen molar-refractivity contribution in [3.63, 3.8) is 0 Å². The van der Waals surface area contributed by atoms with Gasteiger partial charge in [0.1, 0.15) is 31.0 Å². The number of ketones is 2. The lowest BCUT2D eigenvalue weighted by atomic mass is 9.89. The number of aliphatic hydroxyl groups excluding tert-OH is 3. The van der Waals surface area contributed by atoms with E-state index in [1.807, 2.05) is 0 Å². The minimum absolute atomic E-state index is 0.0385. The summed E-state index contributed by atoms with van der Waals surface area (Å²) in [7, 11) is -4.36. The predicted molar refractivity (Wildman–Crippen MR) is 229 cm³/mol. The highest BCUT2D eigenvalue weighted by atomic mass is 32.2. The van der Waals surface area contributed by atoms with Crippen LogP contribution in [0, 0.1) is 23.2 Å². The number of hydrogen-bond acceptors (Lipinski definition) is 16. The van der Waals surface area contributed by atoms with E-state index < -0.39 is 148 Å². The highest BCUT2D eigenvalue weighted by Crippen LogP contribution is 2.31. The zero-order valence-electron chi connectivity index (χ0n) is 38.2. The van der Waals surface area contributed by atoms with Crippen LogP contribution < -0.4 is 5.32 Å². The zero-order chi connectivity index (χ0) is 49.6. The second kappa shape index (κ2) is 22.4. The minimum Gasteiger partial charge on any atom is -0.479 e. The van der Waals surface area contributed by atoms with Crippen molar-refractivity contribution in [2.75, 3.05) is 25.5 Å². The molecule has 4 amide bonds. The van der Waals surface area contributed by atoms with Gasteiger partial charge in [-0.2, -0.15) is 8.42 Å². The number of carbonyl (C=O) groups excluding carboxylic acids is 7. The quantitative estimate of drug-likeness (QED) is 0.0378. The van der Waals surface area contributed by atoms with E-state index in [-0.39, 0.29) is 51.7 Å². The summed E-state index contributed by atoms with van der Waals surface area (Å²) < 4.78 is 47.9. The molecule has 10 atom stereocenters. The molecule has 4 rings (SSSR count). The van der Waals surface area contributed by atoms with Crippen molar-refractivity contribution in [2.24, 2.45) is 23.2 Å². The molecule has 3 heterocycles. The number of hydrogen-bond donors (Lipinski definition) is 6. The van der Waals surface area contributed by atoms with E-state index in [9.17, 15) is 67.2 Å². The van der Waals surface area contributed by atoms with Gasteiger partial charge in [0.25, 0.3) is 10.1 Å². The van der Waals surface area contributed by atoms with Gasteiger partial charge in [0, 0.05) is 31.1 Å². The van der Waals surface area contributed by atoms with Crippen LogP contribution in [0.4, 0.5) is 0 Å². The lowest BCUT2D eigenvalue weighted by Gasteiger charge is -2.39. The maximum atomic E-state index is 13.7. The van der Waals surface area contributed by atoms with Crippen molar-refractivity contribution in [2.45, 2.75) is 142 Å². The summed E-state index contributed by atoms with van der Waals surface area (Å²) in [5, 5.41) is 43.2. The normalized spacial score (nSPS) is 25.8. The molecule has 3 aliphatic heterocycles. The van der Waals surface area contributed by atoms with Crippen molar-refractivity contribution in [1.82, 2.24) is 15.1 Å². The molecule has 3 fully saturated rings. The SMILES string of the molecule is CC1CC(=O)N([C@H]2C[C@@H](COCCS(=O)(=O)O)N(CC(=O)C[C@H](C(=O)N[C@@H](C)C(=O)Cc3ccc(COC(=O)C(C)(C)C)c(CC[C@@H]4O[C@H](C(=O)O)[C@@H](O)[C@H](O)[C@H]4O)c3)C(C)C)C2=O)C1=O. The van der Waals surface area contributed by atoms with Gasteiger partial charge in [-0.15, -0.1) is 0 Å². The number of imide groups is 1. The number of ether oxygens (including phenoxy) is 3. The maximum absolute atomic E-state index is 13.7. The van der Waals surface area contributed by atoms with Gasteiger partial charge in [0.2, 0.25) is 23.6 Å². The van der Waals surface area contributed by atoms with Crippen LogP contribution in [0.3, 0.4) is 0 Å². The summed E-state index contributed by atoms with van der Waals surface area (Å²) in [6.07, 6.45) is -8.98. The maximum Gasteiger partial charge on any atom is 0.335 e. The van der Waals surface area contributed by atoms with Crippen LogP contribution in [0.1, 0.15) is 90.8 Å². The topological polar surface area (TPSA) is 318 Å². The number of carboxylic acids is 1. The number of carbonyl (C=O) groups is 8. The van der Waals surface area contributed by atoms with Crippen LogP contribution in [-0.4, -0.2) is 164 Å². The Hall–Kier alpha value is -4.71. The second-order valence-electron chi connectivity index (χ2n) is 18.8. The van der Waals surface area contributed by atoms with Crippen LogP contribution >= 0.6 is 0 Å². The number of likely N-dealkylation sites (tertiary alicyclic amines) is 2. The average Bonchev–Trinajstić information content (AvgIpc) is 3.65. The number of aliphatic carboxylic acids is 1. The third-order valence-corrected chi connectivity index (χ3v) is 12.8. The Kier molecular flexibility index (Phi) is 18.3. The van der Waals surface area contributed by atoms with Gasteiger partial charge >= 0.3 is 11.9 Å². The smallest absolute Gasteiger partial charge is 0.335 e. The number of nitrogens with one attached hydrogen (secondary N) is 1.